The molecule has 0 saturated carbocycles. The van der Waals surface area contributed by atoms with E-state index in [-0.39, 0.29) is 11.7 Å². The van der Waals surface area contributed by atoms with Gasteiger partial charge in [0.25, 0.3) is 5.69 Å². The second-order valence-corrected chi connectivity index (χ2v) is 5.50. The highest BCUT2D eigenvalue weighted by atomic mass is 79.9. The fraction of sp³-hybridized carbons (Fsp3) is 0.333. The van der Waals surface area contributed by atoms with Gasteiger partial charge in [-0.2, -0.15) is 0 Å². The Labute approximate surface area is 131 Å². The highest BCUT2D eigenvalue weighted by molar-refractivity contribution is 9.10. The maximum atomic E-state index is 10.8. The molecular weight excluding hydrogens is 336 g/mol. The van der Waals surface area contributed by atoms with Gasteiger partial charge in [-0.15, -0.1) is 0 Å². The Morgan fingerprint density at radius 2 is 2.10 bits per heavy atom. The first-order valence-electron chi connectivity index (χ1n) is 6.84. The molecule has 21 heavy (non-hydrogen) atoms. The first kappa shape index (κ1) is 15.7. The van der Waals surface area contributed by atoms with E-state index in [0.29, 0.717) is 10.2 Å². The van der Waals surface area contributed by atoms with Crippen molar-refractivity contribution in [1.82, 2.24) is 5.32 Å². The topological polar surface area (TPSA) is 68.3 Å². The van der Waals surface area contributed by atoms with Crippen LogP contribution in [0.25, 0.3) is 11.3 Å². The molecule has 0 aliphatic rings. The average molecular weight is 353 g/mol. The van der Waals surface area contributed by atoms with E-state index in [4.69, 9.17) is 4.42 Å². The number of hydrogen-bond donors (Lipinski definition) is 1. The van der Waals surface area contributed by atoms with E-state index in [1.54, 1.807) is 6.07 Å². The fourth-order valence-electron chi connectivity index (χ4n) is 2.19. The number of nitro benzene ring substituents is 1. The Hall–Kier alpha value is -1.66. The summed E-state index contributed by atoms with van der Waals surface area (Å²) in [5.41, 5.74) is 0.856. The molecule has 0 radical (unpaired) electrons. The fourth-order valence-corrected chi connectivity index (χ4v) is 2.76. The van der Waals surface area contributed by atoms with Gasteiger partial charge >= 0.3 is 0 Å². The number of hydrogen-bond acceptors (Lipinski definition) is 4. The first-order chi connectivity index (χ1) is 10.1. The molecule has 0 fully saturated rings. The van der Waals surface area contributed by atoms with Crippen LogP contribution in [0.1, 0.15) is 32.1 Å². The molecule has 0 aliphatic heterocycles. The summed E-state index contributed by atoms with van der Waals surface area (Å²) in [6.07, 6.45) is 0.933. The van der Waals surface area contributed by atoms with Gasteiger partial charge in [-0.05, 0) is 47.1 Å². The molecule has 5 nitrogen and oxygen atoms in total. The van der Waals surface area contributed by atoms with E-state index in [1.165, 1.54) is 12.1 Å². The van der Waals surface area contributed by atoms with Crippen LogP contribution in [0, 0.1) is 10.1 Å². The van der Waals surface area contributed by atoms with Crippen molar-refractivity contribution in [3.05, 3.63) is 50.7 Å². The Bertz CT molecular complexity index is 640. The van der Waals surface area contributed by atoms with Crippen LogP contribution in [-0.4, -0.2) is 11.5 Å². The maximum absolute atomic E-state index is 10.8. The highest BCUT2D eigenvalue weighted by Crippen LogP contribution is 2.34. The van der Waals surface area contributed by atoms with Crippen molar-refractivity contribution < 1.29 is 9.34 Å². The lowest BCUT2D eigenvalue weighted by Gasteiger charge is -2.12. The number of benzene rings is 1. The standard InChI is InChI=1S/C15H17BrN2O3/c1-3-13(17-4-2)15-8-7-14(21-15)11-6-5-10(18(19)20)9-12(11)16/h5-9,13,17H,3-4H2,1-2H3. The summed E-state index contributed by atoms with van der Waals surface area (Å²) >= 11 is 3.37. The molecule has 6 heteroatoms. The molecule has 1 atom stereocenters. The Balaban J connectivity index is 2.31. The molecule has 1 unspecified atom stereocenters. The normalized spacial score (nSPS) is 12.3. The second-order valence-electron chi connectivity index (χ2n) is 4.64. The number of furan rings is 1. The SMILES string of the molecule is CCNC(CC)c1ccc(-c2ccc([N+](=O)[O-])cc2Br)o1. The molecular formula is C15H17BrN2O3. The number of rotatable bonds is 6. The van der Waals surface area contributed by atoms with Gasteiger partial charge in [0, 0.05) is 22.2 Å². The van der Waals surface area contributed by atoms with Gasteiger partial charge in [-0.3, -0.25) is 10.1 Å². The summed E-state index contributed by atoms with van der Waals surface area (Å²) in [4.78, 5) is 10.3. The third-order valence-electron chi connectivity index (χ3n) is 3.26. The lowest BCUT2D eigenvalue weighted by atomic mass is 10.1. The van der Waals surface area contributed by atoms with Crippen molar-refractivity contribution in [3.8, 4) is 11.3 Å². The van der Waals surface area contributed by atoms with Crippen LogP contribution in [0.4, 0.5) is 5.69 Å². The van der Waals surface area contributed by atoms with Crippen LogP contribution in [0.2, 0.25) is 0 Å². The summed E-state index contributed by atoms with van der Waals surface area (Å²) in [5.74, 6) is 1.57. The van der Waals surface area contributed by atoms with Gasteiger partial charge in [-0.25, -0.2) is 0 Å². The Kier molecular flexibility index (Phi) is 5.14. The number of non-ortho nitro benzene ring substituents is 1. The van der Waals surface area contributed by atoms with Gasteiger partial charge in [0.2, 0.25) is 0 Å². The average Bonchev–Trinajstić information content (AvgIpc) is 2.93. The molecule has 0 aliphatic carbocycles. The van der Waals surface area contributed by atoms with E-state index < -0.39 is 4.92 Å². The maximum Gasteiger partial charge on any atom is 0.270 e. The zero-order valence-electron chi connectivity index (χ0n) is 11.9. The van der Waals surface area contributed by atoms with Crippen LogP contribution in [0.3, 0.4) is 0 Å². The van der Waals surface area contributed by atoms with Crippen LogP contribution in [0.15, 0.2) is 39.2 Å². The van der Waals surface area contributed by atoms with Crippen molar-refractivity contribution in [3.63, 3.8) is 0 Å². The molecule has 1 aromatic heterocycles. The summed E-state index contributed by atoms with van der Waals surface area (Å²) in [7, 11) is 0. The zero-order valence-corrected chi connectivity index (χ0v) is 13.5. The van der Waals surface area contributed by atoms with Crippen molar-refractivity contribution in [2.45, 2.75) is 26.3 Å². The number of nitro groups is 1. The van der Waals surface area contributed by atoms with Crippen LogP contribution < -0.4 is 5.32 Å². The van der Waals surface area contributed by atoms with Crippen molar-refractivity contribution in [2.75, 3.05) is 6.54 Å². The molecule has 2 rings (SSSR count). The largest absolute Gasteiger partial charge is 0.459 e. The predicted octanol–water partition coefficient (Wildman–Crippen LogP) is 4.68. The number of halogens is 1. The van der Waals surface area contributed by atoms with Gasteiger partial charge < -0.3 is 9.73 Å². The van der Waals surface area contributed by atoms with Crippen molar-refractivity contribution >= 4 is 21.6 Å². The van der Waals surface area contributed by atoms with Crippen molar-refractivity contribution in [2.24, 2.45) is 0 Å². The van der Waals surface area contributed by atoms with E-state index in [2.05, 4.69) is 35.1 Å². The van der Waals surface area contributed by atoms with E-state index in [1.807, 2.05) is 12.1 Å². The molecule has 0 bridgehead atoms. The van der Waals surface area contributed by atoms with Gasteiger partial charge in [0.15, 0.2) is 0 Å². The molecule has 0 saturated heterocycles. The lowest BCUT2D eigenvalue weighted by Crippen LogP contribution is -2.19. The first-order valence-corrected chi connectivity index (χ1v) is 7.63. The molecule has 112 valence electrons. The quantitative estimate of drug-likeness (QED) is 0.605. The lowest BCUT2D eigenvalue weighted by molar-refractivity contribution is -0.384. The van der Waals surface area contributed by atoms with Gasteiger partial charge in [0.1, 0.15) is 11.5 Å². The Morgan fingerprint density at radius 3 is 2.67 bits per heavy atom. The van der Waals surface area contributed by atoms with E-state index in [9.17, 15) is 10.1 Å². The third kappa shape index (κ3) is 3.51. The minimum Gasteiger partial charge on any atom is -0.459 e. The minimum atomic E-state index is -0.416. The smallest absolute Gasteiger partial charge is 0.270 e. The van der Waals surface area contributed by atoms with Crippen LogP contribution in [-0.2, 0) is 0 Å². The molecule has 1 N–H and O–H groups in total. The summed E-state index contributed by atoms with van der Waals surface area (Å²) in [6, 6.07) is 8.67. The molecule has 1 aromatic carbocycles. The summed E-state index contributed by atoms with van der Waals surface area (Å²) in [6.45, 7) is 5.02. The molecule has 0 spiro atoms. The van der Waals surface area contributed by atoms with E-state index in [0.717, 1.165) is 24.3 Å². The molecule has 2 aromatic rings. The number of nitrogens with one attached hydrogen (secondary N) is 1. The highest BCUT2D eigenvalue weighted by Gasteiger charge is 2.16. The molecule has 0 amide bonds. The third-order valence-corrected chi connectivity index (χ3v) is 3.91. The van der Waals surface area contributed by atoms with Crippen LogP contribution >= 0.6 is 15.9 Å². The number of nitrogens with zero attached hydrogens (tertiary/aromatic N) is 1. The Morgan fingerprint density at radius 1 is 1.33 bits per heavy atom. The van der Waals surface area contributed by atoms with Gasteiger partial charge in [0.05, 0.1) is 11.0 Å². The predicted molar refractivity (Wildman–Crippen MR) is 85.2 cm³/mol. The summed E-state index contributed by atoms with van der Waals surface area (Å²) < 4.78 is 6.54. The van der Waals surface area contributed by atoms with Crippen LogP contribution in [0.5, 0.6) is 0 Å². The second kappa shape index (κ2) is 6.87. The van der Waals surface area contributed by atoms with Gasteiger partial charge in [-0.1, -0.05) is 13.8 Å². The van der Waals surface area contributed by atoms with Crippen molar-refractivity contribution in [1.29, 1.82) is 0 Å². The monoisotopic (exact) mass is 352 g/mol. The minimum absolute atomic E-state index is 0.0523. The molecule has 1 heterocycles. The zero-order chi connectivity index (χ0) is 15.4. The van der Waals surface area contributed by atoms with E-state index >= 15 is 0 Å². The summed E-state index contributed by atoms with van der Waals surface area (Å²) in [5, 5.41) is 14.1.